The first kappa shape index (κ1) is 23.3. The molecule has 1 fully saturated rings. The fraction of sp³-hybridized carbons (Fsp3) is 0.154. The van der Waals surface area contributed by atoms with Gasteiger partial charge < -0.3 is 19.7 Å². The van der Waals surface area contributed by atoms with Gasteiger partial charge >= 0.3 is 6.18 Å². The molecule has 2 aliphatic rings. The van der Waals surface area contributed by atoms with Gasteiger partial charge in [0.15, 0.2) is 11.5 Å². The minimum Gasteiger partial charge on any atom is -0.508 e. The summed E-state index contributed by atoms with van der Waals surface area (Å²) in [4.78, 5) is 27.3. The summed E-state index contributed by atoms with van der Waals surface area (Å²) in [6, 6.07) is 12.8. The molecule has 1 amide bonds. The summed E-state index contributed by atoms with van der Waals surface area (Å²) >= 11 is 0. The summed E-state index contributed by atoms with van der Waals surface area (Å²) in [5, 5.41) is 21.2. The topological polar surface area (TPSA) is 96.3 Å². The van der Waals surface area contributed by atoms with Crippen LogP contribution in [0.25, 0.3) is 5.76 Å². The second kappa shape index (κ2) is 8.63. The molecule has 2 heterocycles. The molecule has 0 spiro atoms. The van der Waals surface area contributed by atoms with Crippen LogP contribution in [0.3, 0.4) is 0 Å². The Morgan fingerprint density at radius 1 is 0.917 bits per heavy atom. The van der Waals surface area contributed by atoms with E-state index in [4.69, 9.17) is 9.47 Å². The average molecular weight is 497 g/mol. The molecule has 0 aromatic heterocycles. The molecule has 1 atom stereocenters. The molecule has 0 radical (unpaired) electrons. The Hall–Kier alpha value is -4.47. The van der Waals surface area contributed by atoms with E-state index in [2.05, 4.69) is 0 Å². The van der Waals surface area contributed by atoms with Crippen molar-refractivity contribution in [3.8, 4) is 17.2 Å². The van der Waals surface area contributed by atoms with E-state index in [0.717, 1.165) is 29.2 Å². The molecule has 2 N–H and O–H groups in total. The number of halogens is 3. The van der Waals surface area contributed by atoms with Crippen LogP contribution in [0.1, 0.15) is 22.7 Å². The lowest BCUT2D eigenvalue weighted by molar-refractivity contribution is -0.137. The molecule has 7 nitrogen and oxygen atoms in total. The summed E-state index contributed by atoms with van der Waals surface area (Å²) in [5.74, 6) is -1.94. The molecule has 1 unspecified atom stereocenters. The maximum atomic E-state index is 13.2. The number of fused-ring (bicyclic) bond motifs is 1. The molecule has 184 valence electrons. The minimum absolute atomic E-state index is 0.0136. The van der Waals surface area contributed by atoms with Gasteiger partial charge in [0.05, 0.1) is 17.2 Å². The number of phenols is 1. The number of carbonyl (C=O) groups excluding carboxylic acids is 2. The number of hydrogen-bond acceptors (Lipinski definition) is 6. The van der Waals surface area contributed by atoms with E-state index in [-0.39, 0.29) is 28.1 Å². The summed E-state index contributed by atoms with van der Waals surface area (Å²) in [7, 11) is 0. The zero-order valence-corrected chi connectivity index (χ0v) is 18.5. The summed E-state index contributed by atoms with van der Waals surface area (Å²) in [6.07, 6.45) is -4.59. The number of carbonyl (C=O) groups is 2. The maximum absolute atomic E-state index is 13.2. The zero-order valence-electron chi connectivity index (χ0n) is 18.5. The van der Waals surface area contributed by atoms with Crippen LogP contribution in [0.4, 0.5) is 18.9 Å². The van der Waals surface area contributed by atoms with Gasteiger partial charge in [0.25, 0.3) is 11.7 Å². The molecule has 0 saturated carbocycles. The Kier molecular flexibility index (Phi) is 5.58. The third-order valence-corrected chi connectivity index (χ3v) is 5.92. The first-order valence-corrected chi connectivity index (χ1v) is 10.8. The predicted octanol–water partition coefficient (Wildman–Crippen LogP) is 4.81. The fourth-order valence-corrected chi connectivity index (χ4v) is 4.27. The number of benzene rings is 3. The Labute approximate surface area is 202 Å². The largest absolute Gasteiger partial charge is 0.508 e. The van der Waals surface area contributed by atoms with Crippen molar-refractivity contribution in [3.63, 3.8) is 0 Å². The van der Waals surface area contributed by atoms with Crippen molar-refractivity contribution in [1.82, 2.24) is 0 Å². The van der Waals surface area contributed by atoms with Crippen LogP contribution >= 0.6 is 0 Å². The van der Waals surface area contributed by atoms with Gasteiger partial charge in [-0.25, -0.2) is 0 Å². The van der Waals surface area contributed by atoms with E-state index in [1.54, 1.807) is 6.07 Å². The third kappa shape index (κ3) is 4.00. The number of aromatic hydroxyl groups is 1. The van der Waals surface area contributed by atoms with E-state index in [1.165, 1.54) is 36.4 Å². The van der Waals surface area contributed by atoms with E-state index in [1.807, 2.05) is 0 Å². The monoisotopic (exact) mass is 497 g/mol. The number of Topliss-reactive ketones (excluding diaryl/α,β-unsaturated/α-hetero) is 1. The molecule has 2 aliphatic heterocycles. The Bertz CT molecular complexity index is 1400. The molecule has 0 bridgehead atoms. The highest BCUT2D eigenvalue weighted by atomic mass is 19.4. The van der Waals surface area contributed by atoms with E-state index >= 15 is 0 Å². The van der Waals surface area contributed by atoms with Crippen LogP contribution in [-0.4, -0.2) is 35.1 Å². The lowest BCUT2D eigenvalue weighted by atomic mass is 9.94. The summed E-state index contributed by atoms with van der Waals surface area (Å²) < 4.78 is 50.2. The van der Waals surface area contributed by atoms with Crippen LogP contribution in [0, 0.1) is 0 Å². The van der Waals surface area contributed by atoms with Gasteiger partial charge in [0, 0.05) is 11.3 Å². The van der Waals surface area contributed by atoms with Crippen molar-refractivity contribution in [3.05, 3.63) is 89.0 Å². The maximum Gasteiger partial charge on any atom is 0.416 e. The number of amides is 1. The normalized spacial score (nSPS) is 19.0. The SMILES string of the molecule is O=C1C(=O)N(c2ccc(C(F)(F)F)cc2)C(c2cccc(O)c2)/C1=C(/O)c1ccc2c(c1)OCCO2. The number of ketones is 1. The number of rotatable bonds is 3. The molecule has 1 saturated heterocycles. The molecule has 3 aromatic carbocycles. The van der Waals surface area contributed by atoms with Crippen LogP contribution in [0.15, 0.2) is 72.3 Å². The Morgan fingerprint density at radius 3 is 2.28 bits per heavy atom. The lowest BCUT2D eigenvalue weighted by Gasteiger charge is -2.26. The molecular formula is C26H18F3NO6. The van der Waals surface area contributed by atoms with Gasteiger partial charge in [-0.1, -0.05) is 12.1 Å². The summed E-state index contributed by atoms with van der Waals surface area (Å²) in [5.41, 5.74) is -0.752. The smallest absolute Gasteiger partial charge is 0.416 e. The number of alkyl halides is 3. The molecule has 36 heavy (non-hydrogen) atoms. The predicted molar refractivity (Wildman–Crippen MR) is 122 cm³/mol. The van der Waals surface area contributed by atoms with Gasteiger partial charge in [-0.15, -0.1) is 0 Å². The fourth-order valence-electron chi connectivity index (χ4n) is 4.27. The molecular weight excluding hydrogens is 479 g/mol. The number of ether oxygens (including phenoxy) is 2. The molecule has 0 aliphatic carbocycles. The Morgan fingerprint density at radius 2 is 1.61 bits per heavy atom. The van der Waals surface area contributed by atoms with E-state index < -0.39 is 35.2 Å². The number of aliphatic hydroxyl groups excluding tert-OH is 1. The van der Waals surface area contributed by atoms with Crippen molar-refractivity contribution in [1.29, 1.82) is 0 Å². The number of hydrogen-bond donors (Lipinski definition) is 2. The number of phenolic OH excluding ortho intramolecular Hbond substituents is 1. The van der Waals surface area contributed by atoms with Gasteiger partial charge in [0.1, 0.15) is 24.7 Å². The van der Waals surface area contributed by atoms with E-state index in [0.29, 0.717) is 24.7 Å². The number of aliphatic hydroxyl groups is 1. The van der Waals surface area contributed by atoms with Crippen molar-refractivity contribution < 1.29 is 42.4 Å². The minimum atomic E-state index is -4.59. The highest BCUT2D eigenvalue weighted by molar-refractivity contribution is 6.51. The van der Waals surface area contributed by atoms with Gasteiger partial charge in [-0.05, 0) is 60.2 Å². The second-order valence-corrected chi connectivity index (χ2v) is 8.17. The quantitative estimate of drug-likeness (QED) is 0.306. The van der Waals surface area contributed by atoms with Crippen molar-refractivity contribution >= 4 is 23.1 Å². The van der Waals surface area contributed by atoms with Crippen molar-refractivity contribution in [2.24, 2.45) is 0 Å². The Balaban J connectivity index is 1.67. The third-order valence-electron chi connectivity index (χ3n) is 5.92. The van der Waals surface area contributed by atoms with Crippen LogP contribution in [-0.2, 0) is 15.8 Å². The number of nitrogens with zero attached hydrogens (tertiary/aromatic N) is 1. The van der Waals surface area contributed by atoms with Crippen LogP contribution in [0.2, 0.25) is 0 Å². The van der Waals surface area contributed by atoms with E-state index in [9.17, 15) is 33.0 Å². The summed E-state index contributed by atoms with van der Waals surface area (Å²) in [6.45, 7) is 0.646. The number of anilines is 1. The highest BCUT2D eigenvalue weighted by Crippen LogP contribution is 2.44. The first-order chi connectivity index (χ1) is 17.1. The molecule has 5 rings (SSSR count). The molecule has 3 aromatic rings. The molecule has 10 heteroatoms. The second-order valence-electron chi connectivity index (χ2n) is 8.17. The van der Waals surface area contributed by atoms with Gasteiger partial charge in [-0.3, -0.25) is 14.5 Å². The van der Waals surface area contributed by atoms with Crippen LogP contribution in [0.5, 0.6) is 17.2 Å². The van der Waals surface area contributed by atoms with Gasteiger partial charge in [0.2, 0.25) is 0 Å². The highest BCUT2D eigenvalue weighted by Gasteiger charge is 2.47. The average Bonchev–Trinajstić information content (AvgIpc) is 3.13. The lowest BCUT2D eigenvalue weighted by Crippen LogP contribution is -2.29. The zero-order chi connectivity index (χ0) is 25.6. The van der Waals surface area contributed by atoms with Gasteiger partial charge in [-0.2, -0.15) is 13.2 Å². The first-order valence-electron chi connectivity index (χ1n) is 10.8. The standard InChI is InChI=1S/C26H18F3NO6/c27-26(28,29)16-5-7-17(8-6-16)30-22(14-2-1-3-18(31)12-14)21(24(33)25(30)34)23(32)15-4-9-19-20(13-15)36-11-10-35-19/h1-9,12-13,22,31-32H,10-11H2/b23-21-. The van der Waals surface area contributed by atoms with Crippen molar-refractivity contribution in [2.75, 3.05) is 18.1 Å². The van der Waals surface area contributed by atoms with Crippen molar-refractivity contribution in [2.45, 2.75) is 12.2 Å². The van der Waals surface area contributed by atoms with Crippen LogP contribution < -0.4 is 14.4 Å².